The number of carbonyl (C=O) groups excluding carboxylic acids is 2. The van der Waals surface area contributed by atoms with Gasteiger partial charge in [0.15, 0.2) is 0 Å². The minimum Gasteiger partial charge on any atom is -0.416 e. The van der Waals surface area contributed by atoms with Crippen molar-refractivity contribution in [3.8, 4) is 0 Å². The quantitative estimate of drug-likeness (QED) is 0.547. The summed E-state index contributed by atoms with van der Waals surface area (Å²) in [7, 11) is 0. The lowest BCUT2D eigenvalue weighted by Crippen LogP contribution is -2.48. The summed E-state index contributed by atoms with van der Waals surface area (Å²) in [6, 6.07) is 14.7. The van der Waals surface area contributed by atoms with Gasteiger partial charge in [-0.05, 0) is 42.5 Å². The maximum atomic E-state index is 12.7. The van der Waals surface area contributed by atoms with E-state index < -0.39 is 0 Å². The topological polar surface area (TPSA) is 91.6 Å². The third kappa shape index (κ3) is 5.60. The van der Waals surface area contributed by atoms with E-state index in [0.717, 1.165) is 24.5 Å². The van der Waals surface area contributed by atoms with Crippen LogP contribution in [-0.4, -0.2) is 58.8 Å². The molecule has 0 aliphatic carbocycles. The van der Waals surface area contributed by atoms with E-state index in [1.54, 1.807) is 31.2 Å². The van der Waals surface area contributed by atoms with Crippen LogP contribution in [0.5, 0.6) is 0 Å². The first-order chi connectivity index (χ1) is 15.5. The Balaban J connectivity index is 1.26. The van der Waals surface area contributed by atoms with Gasteiger partial charge < -0.3 is 19.5 Å². The first-order valence-electron chi connectivity index (χ1n) is 10.1. The molecule has 3 aromatic rings. The van der Waals surface area contributed by atoms with E-state index in [1.807, 2.05) is 29.2 Å². The summed E-state index contributed by atoms with van der Waals surface area (Å²) in [6.07, 6.45) is 0. The Hall–Kier alpha value is -3.04. The number of anilines is 2. The van der Waals surface area contributed by atoms with Crippen molar-refractivity contribution in [2.75, 3.05) is 42.1 Å². The second-order valence-corrected chi connectivity index (χ2v) is 8.62. The molecule has 1 N–H and O–H groups in total. The summed E-state index contributed by atoms with van der Waals surface area (Å²) in [5.74, 6) is 0.509. The van der Waals surface area contributed by atoms with Gasteiger partial charge in [-0.2, -0.15) is 0 Å². The molecule has 4 rings (SSSR count). The Bertz CT molecular complexity index is 1100. The Morgan fingerprint density at radius 3 is 2.50 bits per heavy atom. The molecular weight excluding hydrogens is 450 g/mol. The minimum absolute atomic E-state index is 0.00114. The second-order valence-electron chi connectivity index (χ2n) is 7.26. The summed E-state index contributed by atoms with van der Waals surface area (Å²) in [4.78, 5) is 28.9. The fraction of sp³-hybridized carbons (Fsp3) is 0.273. The van der Waals surface area contributed by atoms with Crippen LogP contribution in [-0.2, 0) is 4.79 Å². The molecule has 1 aliphatic heterocycles. The van der Waals surface area contributed by atoms with Crippen molar-refractivity contribution in [3.63, 3.8) is 0 Å². The van der Waals surface area contributed by atoms with Gasteiger partial charge in [0, 0.05) is 55.1 Å². The second kappa shape index (κ2) is 10.1. The highest BCUT2D eigenvalue weighted by Crippen LogP contribution is 2.22. The van der Waals surface area contributed by atoms with Crippen LogP contribution in [0.1, 0.15) is 16.2 Å². The first kappa shape index (κ1) is 22.2. The van der Waals surface area contributed by atoms with Gasteiger partial charge >= 0.3 is 0 Å². The number of hydrogen-bond donors (Lipinski definition) is 1. The van der Waals surface area contributed by atoms with Crippen molar-refractivity contribution in [3.05, 3.63) is 65.0 Å². The van der Waals surface area contributed by atoms with Crippen molar-refractivity contribution in [1.82, 2.24) is 15.1 Å². The number of amides is 2. The predicted octanol–water partition coefficient (Wildman–Crippen LogP) is 3.72. The van der Waals surface area contributed by atoms with Crippen LogP contribution in [0.15, 0.2) is 58.2 Å². The molecule has 0 atom stereocenters. The standard InChI is InChI=1S/C22H22ClN5O3S/c1-15-25-26-22(31-15)32-14-20(29)24-18-5-7-19(8-6-18)27-9-11-28(12-10-27)21(30)16-3-2-4-17(23)13-16/h2-8,13H,9-12,14H2,1H3,(H,24,29). The van der Waals surface area contributed by atoms with Crippen LogP contribution in [0.2, 0.25) is 5.02 Å². The van der Waals surface area contributed by atoms with E-state index in [4.69, 9.17) is 16.0 Å². The molecular formula is C22H22ClN5O3S. The summed E-state index contributed by atoms with van der Waals surface area (Å²) >= 11 is 7.20. The molecule has 0 saturated carbocycles. The smallest absolute Gasteiger partial charge is 0.277 e. The third-order valence-corrected chi connectivity index (χ3v) is 6.04. The van der Waals surface area contributed by atoms with Crippen LogP contribution in [0.4, 0.5) is 11.4 Å². The fourth-order valence-electron chi connectivity index (χ4n) is 3.39. The van der Waals surface area contributed by atoms with Crippen molar-refractivity contribution in [1.29, 1.82) is 0 Å². The Kier molecular flexibility index (Phi) is 6.96. The Morgan fingerprint density at radius 1 is 1.09 bits per heavy atom. The molecule has 1 aliphatic rings. The highest BCUT2D eigenvalue weighted by atomic mass is 35.5. The monoisotopic (exact) mass is 471 g/mol. The number of hydrogen-bond acceptors (Lipinski definition) is 7. The van der Waals surface area contributed by atoms with E-state index in [9.17, 15) is 9.59 Å². The molecule has 2 aromatic carbocycles. The normalized spacial score (nSPS) is 13.8. The number of benzene rings is 2. The van der Waals surface area contributed by atoms with Crippen LogP contribution < -0.4 is 10.2 Å². The van der Waals surface area contributed by atoms with E-state index in [1.165, 1.54) is 11.8 Å². The van der Waals surface area contributed by atoms with Crippen LogP contribution >= 0.6 is 23.4 Å². The molecule has 1 fully saturated rings. The fourth-order valence-corrected chi connectivity index (χ4v) is 4.18. The Morgan fingerprint density at radius 2 is 1.84 bits per heavy atom. The molecule has 0 unspecified atom stereocenters. The molecule has 1 saturated heterocycles. The van der Waals surface area contributed by atoms with Crippen LogP contribution in [0.3, 0.4) is 0 Å². The molecule has 0 radical (unpaired) electrons. The summed E-state index contributed by atoms with van der Waals surface area (Å²) < 4.78 is 5.24. The lowest BCUT2D eigenvalue weighted by molar-refractivity contribution is -0.113. The maximum Gasteiger partial charge on any atom is 0.277 e. The highest BCUT2D eigenvalue weighted by molar-refractivity contribution is 7.99. The van der Waals surface area contributed by atoms with Crippen molar-refractivity contribution in [2.45, 2.75) is 12.1 Å². The zero-order valence-electron chi connectivity index (χ0n) is 17.5. The average molecular weight is 472 g/mol. The minimum atomic E-state index is -0.147. The van der Waals surface area contributed by atoms with Gasteiger partial charge in [0.05, 0.1) is 5.75 Å². The van der Waals surface area contributed by atoms with E-state index in [0.29, 0.717) is 34.8 Å². The van der Waals surface area contributed by atoms with Gasteiger partial charge in [0.2, 0.25) is 11.8 Å². The Labute approximate surface area is 194 Å². The van der Waals surface area contributed by atoms with Gasteiger partial charge in [0.1, 0.15) is 0 Å². The molecule has 0 spiro atoms. The molecule has 0 bridgehead atoms. The molecule has 2 heterocycles. The molecule has 10 heteroatoms. The van der Waals surface area contributed by atoms with Crippen LogP contribution in [0.25, 0.3) is 0 Å². The first-order valence-corrected chi connectivity index (χ1v) is 11.5. The number of nitrogens with zero attached hydrogens (tertiary/aromatic N) is 4. The zero-order chi connectivity index (χ0) is 22.5. The molecule has 166 valence electrons. The predicted molar refractivity (Wildman–Crippen MR) is 124 cm³/mol. The molecule has 8 nitrogen and oxygen atoms in total. The molecule has 32 heavy (non-hydrogen) atoms. The lowest BCUT2D eigenvalue weighted by Gasteiger charge is -2.36. The van der Waals surface area contributed by atoms with E-state index >= 15 is 0 Å². The summed E-state index contributed by atoms with van der Waals surface area (Å²) in [5, 5.41) is 11.4. The maximum absolute atomic E-state index is 12.7. The SMILES string of the molecule is Cc1nnc(SCC(=O)Nc2ccc(N3CCN(C(=O)c4cccc(Cl)c4)CC3)cc2)o1. The number of halogens is 1. The summed E-state index contributed by atoms with van der Waals surface area (Å²) in [5.41, 5.74) is 2.38. The van der Waals surface area contributed by atoms with Crippen molar-refractivity contribution < 1.29 is 14.0 Å². The van der Waals surface area contributed by atoms with Gasteiger partial charge in [-0.3, -0.25) is 9.59 Å². The van der Waals surface area contributed by atoms with Gasteiger partial charge in [-0.15, -0.1) is 10.2 Å². The third-order valence-electron chi connectivity index (χ3n) is 4.99. The van der Waals surface area contributed by atoms with Crippen molar-refractivity contribution in [2.24, 2.45) is 0 Å². The zero-order valence-corrected chi connectivity index (χ0v) is 19.0. The van der Waals surface area contributed by atoms with Crippen molar-refractivity contribution >= 4 is 46.6 Å². The molecule has 2 amide bonds. The van der Waals surface area contributed by atoms with Gasteiger partial charge in [0.25, 0.3) is 11.1 Å². The number of thioether (sulfide) groups is 1. The van der Waals surface area contributed by atoms with Gasteiger partial charge in [-0.25, -0.2) is 0 Å². The summed E-state index contributed by atoms with van der Waals surface area (Å²) in [6.45, 7) is 4.44. The van der Waals surface area contributed by atoms with E-state index in [-0.39, 0.29) is 17.6 Å². The highest BCUT2D eigenvalue weighted by Gasteiger charge is 2.22. The van der Waals surface area contributed by atoms with Gasteiger partial charge in [-0.1, -0.05) is 29.4 Å². The number of aryl methyl sites for hydroxylation is 1. The average Bonchev–Trinajstić information content (AvgIpc) is 3.23. The van der Waals surface area contributed by atoms with E-state index in [2.05, 4.69) is 20.4 Å². The number of aromatic nitrogens is 2. The van der Waals surface area contributed by atoms with Crippen LogP contribution in [0, 0.1) is 6.92 Å². The lowest BCUT2D eigenvalue weighted by atomic mass is 10.1. The number of carbonyl (C=O) groups is 2. The number of piperazine rings is 1. The molecule has 1 aromatic heterocycles. The number of nitrogens with one attached hydrogen (secondary N) is 1. The number of rotatable bonds is 6. The largest absolute Gasteiger partial charge is 0.416 e.